The molecule has 0 aliphatic heterocycles. The number of carbonyl (C=O) groups is 1. The summed E-state index contributed by atoms with van der Waals surface area (Å²) in [5.41, 5.74) is 1.49. The lowest BCUT2D eigenvalue weighted by Gasteiger charge is -2.12. The van der Waals surface area contributed by atoms with E-state index in [1.807, 2.05) is 37.3 Å². The molecular weight excluding hydrogens is 516 g/mol. The highest BCUT2D eigenvalue weighted by molar-refractivity contribution is 7.93. The van der Waals surface area contributed by atoms with Crippen LogP contribution in [0, 0.1) is 18.3 Å². The average molecular weight is 543 g/mol. The van der Waals surface area contributed by atoms with Gasteiger partial charge in [0.1, 0.15) is 17.4 Å². The van der Waals surface area contributed by atoms with Crippen molar-refractivity contribution in [1.82, 2.24) is 10.2 Å². The van der Waals surface area contributed by atoms with Crippen molar-refractivity contribution in [2.75, 3.05) is 31.4 Å². The number of amides is 1. The maximum absolute atomic E-state index is 12.5. The topological polar surface area (TPSA) is 140 Å². The van der Waals surface area contributed by atoms with Crippen LogP contribution >= 0.6 is 11.3 Å². The first-order valence-electron chi connectivity index (χ1n) is 11.3. The van der Waals surface area contributed by atoms with Crippen molar-refractivity contribution in [1.29, 1.82) is 5.26 Å². The number of hydrogen-bond donors (Lipinski definition) is 1. The molecule has 0 saturated carbocycles. The van der Waals surface area contributed by atoms with Crippen LogP contribution in [0.15, 0.2) is 52.4 Å². The van der Waals surface area contributed by atoms with Gasteiger partial charge in [0, 0.05) is 6.42 Å². The molecule has 0 aliphatic carbocycles. The number of nitrogens with zero attached hydrogens (tertiary/aromatic N) is 3. The Morgan fingerprint density at radius 3 is 2.51 bits per heavy atom. The Bertz CT molecular complexity index is 1410. The highest BCUT2D eigenvalue weighted by Gasteiger charge is 2.20. The van der Waals surface area contributed by atoms with E-state index < -0.39 is 15.7 Å². The van der Waals surface area contributed by atoms with Gasteiger partial charge in [0.2, 0.25) is 19.3 Å². The monoisotopic (exact) mass is 542 g/mol. The summed E-state index contributed by atoms with van der Waals surface area (Å²) in [7, 11) is -2.05. The number of aromatic nitrogens is 2. The summed E-state index contributed by atoms with van der Waals surface area (Å²) in [5.74, 6) is 0.865. The van der Waals surface area contributed by atoms with Crippen LogP contribution in [0.5, 0.6) is 17.2 Å². The highest BCUT2D eigenvalue weighted by atomic mass is 32.2. The molecule has 0 bridgehead atoms. The molecule has 0 atom stereocenters. The van der Waals surface area contributed by atoms with Crippen LogP contribution in [0.2, 0.25) is 0 Å². The Morgan fingerprint density at radius 2 is 1.84 bits per heavy atom. The van der Waals surface area contributed by atoms with Crippen molar-refractivity contribution >= 4 is 38.3 Å². The third-order valence-corrected chi connectivity index (χ3v) is 7.99. The van der Waals surface area contributed by atoms with Crippen molar-refractivity contribution < 1.29 is 27.4 Å². The molecule has 0 saturated heterocycles. The van der Waals surface area contributed by atoms with Crippen LogP contribution in [0.3, 0.4) is 0 Å². The minimum absolute atomic E-state index is 0.0224. The van der Waals surface area contributed by atoms with Crippen LogP contribution < -0.4 is 19.5 Å². The number of benzene rings is 2. The fourth-order valence-electron chi connectivity index (χ4n) is 2.95. The molecule has 10 nitrogen and oxygen atoms in total. The van der Waals surface area contributed by atoms with Gasteiger partial charge in [-0.25, -0.2) is 8.42 Å². The van der Waals surface area contributed by atoms with E-state index >= 15 is 0 Å². The summed E-state index contributed by atoms with van der Waals surface area (Å²) in [5, 5.41) is 19.1. The summed E-state index contributed by atoms with van der Waals surface area (Å²) >= 11 is 0.721. The van der Waals surface area contributed by atoms with Gasteiger partial charge >= 0.3 is 0 Å². The number of anilines is 1. The number of carbonyl (C=O) groups excluding carboxylic acids is 1. The average Bonchev–Trinajstić information content (AvgIpc) is 3.38. The summed E-state index contributed by atoms with van der Waals surface area (Å²) in [6.07, 6.45) is 2.03. The summed E-state index contributed by atoms with van der Waals surface area (Å²) in [4.78, 5) is 12.5. The van der Waals surface area contributed by atoms with Gasteiger partial charge in [0.15, 0.2) is 11.5 Å². The molecule has 3 rings (SSSR count). The van der Waals surface area contributed by atoms with Gasteiger partial charge in [0.25, 0.3) is 5.91 Å². The zero-order valence-corrected chi connectivity index (χ0v) is 22.2. The van der Waals surface area contributed by atoms with Crippen LogP contribution in [-0.4, -0.2) is 50.6 Å². The maximum Gasteiger partial charge on any atom is 0.268 e. The molecule has 1 heterocycles. The maximum atomic E-state index is 12.5. The van der Waals surface area contributed by atoms with E-state index in [4.69, 9.17) is 14.2 Å². The minimum Gasteiger partial charge on any atom is -0.493 e. The fraction of sp³-hybridized carbons (Fsp3) is 0.280. The molecule has 0 spiro atoms. The molecule has 194 valence electrons. The number of ether oxygens (including phenoxy) is 3. The van der Waals surface area contributed by atoms with Crippen molar-refractivity contribution in [2.24, 2.45) is 0 Å². The molecule has 12 heteroatoms. The van der Waals surface area contributed by atoms with Crippen molar-refractivity contribution in [3.63, 3.8) is 0 Å². The zero-order valence-electron chi connectivity index (χ0n) is 20.6. The van der Waals surface area contributed by atoms with E-state index in [0.29, 0.717) is 36.7 Å². The largest absolute Gasteiger partial charge is 0.493 e. The molecule has 0 aliphatic rings. The van der Waals surface area contributed by atoms with E-state index in [0.717, 1.165) is 17.1 Å². The van der Waals surface area contributed by atoms with Crippen LogP contribution in [-0.2, 0) is 14.6 Å². The smallest absolute Gasteiger partial charge is 0.268 e. The third kappa shape index (κ3) is 7.77. The molecule has 1 amide bonds. The number of aryl methyl sites for hydroxylation is 1. The van der Waals surface area contributed by atoms with Gasteiger partial charge in [-0.2, -0.15) is 5.26 Å². The van der Waals surface area contributed by atoms with Crippen molar-refractivity contribution in [2.45, 2.75) is 24.6 Å². The Labute approximate surface area is 219 Å². The van der Waals surface area contributed by atoms with E-state index in [-0.39, 0.29) is 20.8 Å². The lowest BCUT2D eigenvalue weighted by molar-refractivity contribution is -0.112. The first-order chi connectivity index (χ1) is 17.7. The number of sulfone groups is 1. The van der Waals surface area contributed by atoms with Crippen molar-refractivity contribution in [3.05, 3.63) is 59.2 Å². The molecule has 0 radical (unpaired) electrons. The fourth-order valence-corrected chi connectivity index (χ4v) is 4.93. The Morgan fingerprint density at radius 1 is 1.11 bits per heavy atom. The number of rotatable bonds is 12. The van der Waals surface area contributed by atoms with E-state index in [9.17, 15) is 18.5 Å². The van der Waals surface area contributed by atoms with Gasteiger partial charge in [-0.15, -0.1) is 10.2 Å². The van der Waals surface area contributed by atoms with Crippen LogP contribution in [0.1, 0.15) is 24.5 Å². The van der Waals surface area contributed by atoms with Gasteiger partial charge < -0.3 is 14.2 Å². The normalized spacial score (nSPS) is 11.5. The van der Waals surface area contributed by atoms with Gasteiger partial charge in [0.05, 0.1) is 26.1 Å². The summed E-state index contributed by atoms with van der Waals surface area (Å²) < 4.78 is 40.5. The molecule has 3 aromatic rings. The van der Waals surface area contributed by atoms with Gasteiger partial charge in [-0.1, -0.05) is 42.0 Å². The standard InChI is InChI=1S/C25H26N4O6S2/c1-4-37(31,32)25-29-28-24(36-25)27-23(30)19(16-26)14-18-8-11-21(22(15-18)33-3)35-13-5-12-34-20-9-6-17(2)7-10-20/h6-11,14-15H,4-5,12-13H2,1-3H3,(H,27,28,30)/b19-14-. The van der Waals surface area contributed by atoms with Gasteiger partial charge in [-0.3, -0.25) is 10.1 Å². The number of nitriles is 1. The SMILES string of the molecule is CCS(=O)(=O)c1nnc(NC(=O)/C(C#N)=C\c2ccc(OCCCOc3ccc(C)cc3)c(OC)c2)s1. The summed E-state index contributed by atoms with van der Waals surface area (Å²) in [6.45, 7) is 4.40. The van der Waals surface area contributed by atoms with Crippen LogP contribution in [0.25, 0.3) is 6.08 Å². The zero-order chi connectivity index (χ0) is 26.8. The molecule has 0 fully saturated rings. The second kappa shape index (κ2) is 12.8. The Kier molecular flexibility index (Phi) is 9.59. The van der Waals surface area contributed by atoms with Gasteiger partial charge in [-0.05, 0) is 42.8 Å². The van der Waals surface area contributed by atoms with E-state index in [1.54, 1.807) is 18.2 Å². The molecule has 37 heavy (non-hydrogen) atoms. The second-order valence-corrected chi connectivity index (χ2v) is 11.1. The molecule has 0 unspecified atom stereocenters. The molecular formula is C25H26N4O6S2. The quantitative estimate of drug-likeness (QED) is 0.155. The minimum atomic E-state index is -3.54. The highest BCUT2D eigenvalue weighted by Crippen LogP contribution is 2.29. The molecule has 1 aromatic heterocycles. The second-order valence-electron chi connectivity index (χ2n) is 7.67. The van der Waals surface area contributed by atoms with E-state index in [1.165, 1.54) is 25.7 Å². The summed E-state index contributed by atoms with van der Waals surface area (Å²) in [6, 6.07) is 14.7. The van der Waals surface area contributed by atoms with Crippen molar-refractivity contribution in [3.8, 4) is 23.3 Å². The third-order valence-electron chi connectivity index (χ3n) is 4.97. The number of nitrogens with one attached hydrogen (secondary N) is 1. The lowest BCUT2D eigenvalue weighted by atomic mass is 10.1. The van der Waals surface area contributed by atoms with E-state index in [2.05, 4.69) is 15.5 Å². The Hall–Kier alpha value is -3.95. The Balaban J connectivity index is 1.59. The number of methoxy groups -OCH3 is 1. The molecule has 2 aromatic carbocycles. The first kappa shape index (κ1) is 27.6. The lowest BCUT2D eigenvalue weighted by Crippen LogP contribution is -2.13. The van der Waals surface area contributed by atoms with Crippen LogP contribution in [0.4, 0.5) is 5.13 Å². The first-order valence-corrected chi connectivity index (χ1v) is 13.7. The molecule has 1 N–H and O–H groups in total. The predicted octanol–water partition coefficient (Wildman–Crippen LogP) is 4.04. The number of hydrogen-bond acceptors (Lipinski definition) is 10. The predicted molar refractivity (Wildman–Crippen MR) is 140 cm³/mol.